The predicted molar refractivity (Wildman–Crippen MR) is 128 cm³/mol. The van der Waals surface area contributed by atoms with Crippen LogP contribution in [0.1, 0.15) is 19.4 Å². The number of rotatable bonds is 8. The lowest BCUT2D eigenvalue weighted by molar-refractivity contribution is -0.118. The fraction of sp³-hybridized carbons (Fsp3) is 0.231. The van der Waals surface area contributed by atoms with Gasteiger partial charge in [0.2, 0.25) is 5.89 Å². The average Bonchev–Trinajstić information content (AvgIpc) is 3.22. The van der Waals surface area contributed by atoms with Gasteiger partial charge in [0.25, 0.3) is 5.91 Å². The number of carbonyl (C=O) groups is 1. The number of hydrogen-bond donors (Lipinski definition) is 1. The van der Waals surface area contributed by atoms with Crippen molar-refractivity contribution in [2.45, 2.75) is 20.8 Å². The lowest BCUT2D eigenvalue weighted by Crippen LogP contribution is -2.21. The Kier molecular flexibility index (Phi) is 6.40. The number of aromatic nitrogens is 1. The van der Waals surface area contributed by atoms with E-state index in [2.05, 4.69) is 41.2 Å². The number of benzene rings is 3. The summed E-state index contributed by atoms with van der Waals surface area (Å²) in [6, 6.07) is 21.2. The third kappa shape index (κ3) is 4.91. The number of nitrogens with zero attached hydrogens (tertiary/aromatic N) is 2. The molecule has 3 aromatic carbocycles. The number of amides is 1. The van der Waals surface area contributed by atoms with Crippen molar-refractivity contribution in [3.63, 3.8) is 0 Å². The minimum absolute atomic E-state index is 0.0650. The van der Waals surface area contributed by atoms with Gasteiger partial charge in [0, 0.05) is 30.0 Å². The molecule has 1 amide bonds. The minimum Gasteiger partial charge on any atom is -0.484 e. The van der Waals surface area contributed by atoms with Gasteiger partial charge in [0.05, 0.1) is 0 Å². The Morgan fingerprint density at radius 2 is 1.81 bits per heavy atom. The molecule has 32 heavy (non-hydrogen) atoms. The first kappa shape index (κ1) is 21.4. The number of aryl methyl sites for hydroxylation is 1. The Labute approximate surface area is 187 Å². The van der Waals surface area contributed by atoms with Crippen LogP contribution in [-0.2, 0) is 4.79 Å². The van der Waals surface area contributed by atoms with Gasteiger partial charge in [-0.15, -0.1) is 0 Å². The van der Waals surface area contributed by atoms with E-state index in [9.17, 15) is 4.79 Å². The highest BCUT2D eigenvalue weighted by Crippen LogP contribution is 2.28. The highest BCUT2D eigenvalue weighted by Gasteiger charge is 2.11. The third-order valence-corrected chi connectivity index (χ3v) is 5.27. The van der Waals surface area contributed by atoms with Crippen LogP contribution in [0.25, 0.3) is 22.6 Å². The Bertz CT molecular complexity index is 1210. The standard InChI is InChI=1S/C26H27N3O3/c1-4-29(5-2)21-12-9-19(10-13-21)26-28-23-16-20(11-14-24(23)32-26)27-25(30)17-31-22-8-6-7-18(3)15-22/h6-16H,4-5,17H2,1-3H3,(H,27,30). The van der Waals surface area contributed by atoms with Crippen molar-refractivity contribution in [3.8, 4) is 17.2 Å². The van der Waals surface area contributed by atoms with Crippen LogP contribution in [0.15, 0.2) is 71.1 Å². The molecule has 0 aliphatic heterocycles. The molecule has 1 aromatic heterocycles. The molecule has 0 aliphatic rings. The van der Waals surface area contributed by atoms with Gasteiger partial charge in [-0.1, -0.05) is 12.1 Å². The van der Waals surface area contributed by atoms with Crippen LogP contribution in [0, 0.1) is 6.92 Å². The lowest BCUT2D eigenvalue weighted by Gasteiger charge is -2.20. The molecule has 0 unspecified atom stereocenters. The molecular weight excluding hydrogens is 402 g/mol. The topological polar surface area (TPSA) is 67.6 Å². The van der Waals surface area contributed by atoms with Crippen molar-refractivity contribution in [1.82, 2.24) is 4.98 Å². The van der Waals surface area contributed by atoms with Crippen molar-refractivity contribution < 1.29 is 13.9 Å². The molecule has 1 heterocycles. The van der Waals surface area contributed by atoms with Crippen LogP contribution in [0.5, 0.6) is 5.75 Å². The maximum Gasteiger partial charge on any atom is 0.262 e. The maximum atomic E-state index is 12.3. The van der Waals surface area contributed by atoms with Gasteiger partial charge in [-0.3, -0.25) is 4.79 Å². The molecule has 0 atom stereocenters. The van der Waals surface area contributed by atoms with Crippen LogP contribution < -0.4 is 15.0 Å². The zero-order chi connectivity index (χ0) is 22.5. The van der Waals surface area contributed by atoms with Gasteiger partial charge >= 0.3 is 0 Å². The van der Waals surface area contributed by atoms with E-state index < -0.39 is 0 Å². The van der Waals surface area contributed by atoms with E-state index >= 15 is 0 Å². The molecule has 6 nitrogen and oxygen atoms in total. The molecule has 0 bridgehead atoms. The minimum atomic E-state index is -0.235. The molecule has 0 fully saturated rings. The summed E-state index contributed by atoms with van der Waals surface area (Å²) < 4.78 is 11.5. The van der Waals surface area contributed by atoms with Gasteiger partial charge in [-0.25, -0.2) is 4.98 Å². The summed E-state index contributed by atoms with van der Waals surface area (Å²) in [4.78, 5) is 19.2. The molecule has 164 valence electrons. The first-order chi connectivity index (χ1) is 15.6. The summed E-state index contributed by atoms with van der Waals surface area (Å²) in [7, 11) is 0. The Morgan fingerprint density at radius 3 is 2.53 bits per heavy atom. The van der Waals surface area contributed by atoms with Crippen LogP contribution in [-0.4, -0.2) is 30.6 Å². The number of carbonyl (C=O) groups excluding carboxylic acids is 1. The second kappa shape index (κ2) is 9.56. The first-order valence-electron chi connectivity index (χ1n) is 10.8. The maximum absolute atomic E-state index is 12.3. The largest absolute Gasteiger partial charge is 0.484 e. The molecule has 1 N–H and O–H groups in total. The van der Waals surface area contributed by atoms with E-state index in [0.29, 0.717) is 28.4 Å². The van der Waals surface area contributed by atoms with Crippen LogP contribution in [0.2, 0.25) is 0 Å². The first-order valence-corrected chi connectivity index (χ1v) is 10.8. The summed E-state index contributed by atoms with van der Waals surface area (Å²) in [5.74, 6) is 0.989. The van der Waals surface area contributed by atoms with Gasteiger partial charge in [-0.2, -0.15) is 0 Å². The molecule has 0 saturated carbocycles. The van der Waals surface area contributed by atoms with Crippen molar-refractivity contribution in [2.24, 2.45) is 0 Å². The molecule has 0 spiro atoms. The molecule has 6 heteroatoms. The van der Waals surface area contributed by atoms with E-state index in [0.717, 1.165) is 24.2 Å². The number of oxazole rings is 1. The van der Waals surface area contributed by atoms with E-state index in [1.807, 2.05) is 49.4 Å². The third-order valence-electron chi connectivity index (χ3n) is 5.27. The number of ether oxygens (including phenoxy) is 1. The fourth-order valence-electron chi connectivity index (χ4n) is 3.58. The van der Waals surface area contributed by atoms with Crippen molar-refractivity contribution in [2.75, 3.05) is 29.9 Å². The monoisotopic (exact) mass is 429 g/mol. The summed E-state index contributed by atoms with van der Waals surface area (Å²) in [5, 5.41) is 2.85. The van der Waals surface area contributed by atoms with Gasteiger partial charge in [-0.05, 0) is 80.9 Å². The molecule has 4 rings (SSSR count). The average molecular weight is 430 g/mol. The molecule has 4 aromatic rings. The van der Waals surface area contributed by atoms with Gasteiger partial charge < -0.3 is 19.4 Å². The van der Waals surface area contributed by atoms with Crippen molar-refractivity contribution >= 4 is 28.4 Å². The number of nitrogens with one attached hydrogen (secondary N) is 1. The number of fused-ring (bicyclic) bond motifs is 1. The zero-order valence-electron chi connectivity index (χ0n) is 18.6. The molecule has 0 radical (unpaired) electrons. The van der Waals surface area contributed by atoms with Crippen LogP contribution in [0.4, 0.5) is 11.4 Å². The summed E-state index contributed by atoms with van der Waals surface area (Å²) in [5.41, 5.74) is 5.17. The van der Waals surface area contributed by atoms with Crippen LogP contribution >= 0.6 is 0 Å². The Hall–Kier alpha value is -3.80. The SMILES string of the molecule is CCN(CC)c1ccc(-c2nc3cc(NC(=O)COc4cccc(C)c4)ccc3o2)cc1. The van der Waals surface area contributed by atoms with Crippen LogP contribution in [0.3, 0.4) is 0 Å². The predicted octanol–water partition coefficient (Wildman–Crippen LogP) is 5.67. The van der Waals surface area contributed by atoms with E-state index in [1.54, 1.807) is 12.1 Å². The van der Waals surface area contributed by atoms with E-state index in [-0.39, 0.29) is 12.5 Å². The lowest BCUT2D eigenvalue weighted by atomic mass is 10.2. The summed E-state index contributed by atoms with van der Waals surface area (Å²) >= 11 is 0. The Balaban J connectivity index is 1.44. The quantitative estimate of drug-likeness (QED) is 0.391. The number of hydrogen-bond acceptors (Lipinski definition) is 5. The van der Waals surface area contributed by atoms with E-state index in [4.69, 9.17) is 9.15 Å². The van der Waals surface area contributed by atoms with Crippen molar-refractivity contribution in [3.05, 3.63) is 72.3 Å². The normalized spacial score (nSPS) is 10.8. The summed E-state index contributed by atoms with van der Waals surface area (Å²) in [6.07, 6.45) is 0. The van der Waals surface area contributed by atoms with E-state index in [1.165, 1.54) is 5.69 Å². The molecule has 0 aliphatic carbocycles. The van der Waals surface area contributed by atoms with Gasteiger partial charge in [0.1, 0.15) is 11.3 Å². The highest BCUT2D eigenvalue weighted by atomic mass is 16.5. The fourth-order valence-corrected chi connectivity index (χ4v) is 3.58. The molecular formula is C26H27N3O3. The second-order valence-corrected chi connectivity index (χ2v) is 7.57. The highest BCUT2D eigenvalue weighted by molar-refractivity contribution is 5.94. The van der Waals surface area contributed by atoms with Crippen molar-refractivity contribution in [1.29, 1.82) is 0 Å². The summed E-state index contributed by atoms with van der Waals surface area (Å²) in [6.45, 7) is 8.12. The Morgan fingerprint density at radius 1 is 1.03 bits per heavy atom. The number of anilines is 2. The van der Waals surface area contributed by atoms with Gasteiger partial charge in [0.15, 0.2) is 12.2 Å². The smallest absolute Gasteiger partial charge is 0.262 e. The molecule has 0 saturated heterocycles. The second-order valence-electron chi connectivity index (χ2n) is 7.57. The zero-order valence-corrected chi connectivity index (χ0v) is 18.6.